The van der Waals surface area contributed by atoms with Gasteiger partial charge in [-0.05, 0) is 50.0 Å². The summed E-state index contributed by atoms with van der Waals surface area (Å²) in [7, 11) is 0. The third kappa shape index (κ3) is 2.04. The molecule has 4 nitrogen and oxygen atoms in total. The third-order valence-electron chi connectivity index (χ3n) is 5.21. The Morgan fingerprint density at radius 2 is 2.00 bits per heavy atom. The Balaban J connectivity index is 1.88. The summed E-state index contributed by atoms with van der Waals surface area (Å²) in [4.78, 5) is 7.51. The van der Waals surface area contributed by atoms with Gasteiger partial charge in [-0.25, -0.2) is 4.98 Å². The molecule has 0 spiro atoms. The van der Waals surface area contributed by atoms with Crippen molar-refractivity contribution in [1.82, 2.24) is 14.5 Å². The van der Waals surface area contributed by atoms with Gasteiger partial charge in [0.05, 0.1) is 17.1 Å². The number of aromatic nitrogens is 2. The van der Waals surface area contributed by atoms with Gasteiger partial charge in [0.15, 0.2) is 0 Å². The smallest absolute Gasteiger partial charge is 0.112 e. The van der Waals surface area contributed by atoms with Gasteiger partial charge in [0.2, 0.25) is 0 Å². The molecule has 2 bridgehead atoms. The third-order valence-corrected chi connectivity index (χ3v) is 5.21. The molecule has 1 atom stereocenters. The Morgan fingerprint density at radius 1 is 1.24 bits per heavy atom. The number of piperidine rings is 3. The van der Waals surface area contributed by atoms with E-state index in [2.05, 4.69) is 29.4 Å². The molecular formula is C17H24N4. The predicted molar refractivity (Wildman–Crippen MR) is 86.4 cm³/mol. The molecule has 1 unspecified atom stereocenters. The van der Waals surface area contributed by atoms with E-state index in [0.717, 1.165) is 17.1 Å². The molecule has 21 heavy (non-hydrogen) atoms. The summed E-state index contributed by atoms with van der Waals surface area (Å²) in [5.41, 5.74) is 9.05. The second-order valence-electron chi connectivity index (χ2n) is 6.95. The minimum Gasteiger partial charge on any atom is -0.399 e. The van der Waals surface area contributed by atoms with Crippen LogP contribution in [0.3, 0.4) is 0 Å². The molecule has 4 heterocycles. The van der Waals surface area contributed by atoms with Crippen molar-refractivity contribution in [3.63, 3.8) is 0 Å². The van der Waals surface area contributed by atoms with Crippen LogP contribution in [0.2, 0.25) is 0 Å². The highest BCUT2D eigenvalue weighted by Crippen LogP contribution is 2.39. The molecule has 3 aliphatic rings. The molecule has 5 rings (SSSR count). The highest BCUT2D eigenvalue weighted by atomic mass is 15.2. The first kappa shape index (κ1) is 13.1. The molecule has 0 aliphatic carbocycles. The molecule has 2 N–H and O–H groups in total. The van der Waals surface area contributed by atoms with Gasteiger partial charge in [0, 0.05) is 18.2 Å². The number of nitrogen functional groups attached to an aromatic ring is 1. The Hall–Kier alpha value is -1.55. The van der Waals surface area contributed by atoms with Crippen LogP contribution in [0.5, 0.6) is 0 Å². The van der Waals surface area contributed by atoms with Gasteiger partial charge >= 0.3 is 0 Å². The highest BCUT2D eigenvalue weighted by Gasteiger charge is 2.37. The lowest BCUT2D eigenvalue weighted by Crippen LogP contribution is -2.48. The van der Waals surface area contributed by atoms with Gasteiger partial charge in [0.1, 0.15) is 5.82 Å². The molecule has 0 radical (unpaired) electrons. The Morgan fingerprint density at radius 3 is 2.62 bits per heavy atom. The van der Waals surface area contributed by atoms with Crippen molar-refractivity contribution < 1.29 is 0 Å². The molecule has 2 aromatic rings. The summed E-state index contributed by atoms with van der Waals surface area (Å²) in [6.07, 6.45) is 2.66. The van der Waals surface area contributed by atoms with Crippen LogP contribution in [0.15, 0.2) is 18.2 Å². The van der Waals surface area contributed by atoms with Crippen LogP contribution >= 0.6 is 0 Å². The number of nitrogens with two attached hydrogens (primary N) is 1. The van der Waals surface area contributed by atoms with E-state index < -0.39 is 0 Å². The van der Waals surface area contributed by atoms with E-state index in [1.54, 1.807) is 0 Å². The molecule has 1 aromatic carbocycles. The summed E-state index contributed by atoms with van der Waals surface area (Å²) in [5.74, 6) is 2.46. The molecule has 3 aliphatic heterocycles. The number of benzene rings is 1. The first-order chi connectivity index (χ1) is 10.1. The normalized spacial score (nSPS) is 28.6. The fraction of sp³-hybridized carbons (Fsp3) is 0.588. The predicted octanol–water partition coefficient (Wildman–Crippen LogP) is 3.01. The van der Waals surface area contributed by atoms with Crippen molar-refractivity contribution in [3.05, 3.63) is 24.0 Å². The molecule has 3 saturated heterocycles. The van der Waals surface area contributed by atoms with Crippen LogP contribution in [0, 0.1) is 5.92 Å². The van der Waals surface area contributed by atoms with Crippen LogP contribution in [-0.4, -0.2) is 34.1 Å². The molecule has 4 heteroatoms. The van der Waals surface area contributed by atoms with E-state index in [4.69, 9.17) is 10.7 Å². The van der Waals surface area contributed by atoms with Gasteiger partial charge in [-0.15, -0.1) is 0 Å². The minimum absolute atomic E-state index is 0.439. The second-order valence-corrected chi connectivity index (χ2v) is 6.95. The fourth-order valence-electron chi connectivity index (χ4n) is 4.12. The van der Waals surface area contributed by atoms with E-state index in [9.17, 15) is 0 Å². The average molecular weight is 284 g/mol. The highest BCUT2D eigenvalue weighted by molar-refractivity contribution is 5.80. The lowest BCUT2D eigenvalue weighted by Gasteiger charge is -2.46. The number of fused-ring (bicyclic) bond motifs is 4. The maximum absolute atomic E-state index is 5.94. The Kier molecular flexibility index (Phi) is 2.96. The first-order valence-electron chi connectivity index (χ1n) is 8.13. The number of nitrogens with zero attached hydrogens (tertiary/aromatic N) is 3. The van der Waals surface area contributed by atoms with E-state index >= 15 is 0 Å². The molecule has 112 valence electrons. The summed E-state index contributed by atoms with van der Waals surface area (Å²) in [5, 5.41) is 0. The lowest BCUT2D eigenvalue weighted by molar-refractivity contribution is 0.0572. The maximum atomic E-state index is 5.94. The van der Waals surface area contributed by atoms with Crippen LogP contribution in [-0.2, 0) is 0 Å². The summed E-state index contributed by atoms with van der Waals surface area (Å²) in [6.45, 7) is 8.21. The van der Waals surface area contributed by atoms with Crippen LogP contribution < -0.4 is 5.73 Å². The fourth-order valence-corrected chi connectivity index (χ4v) is 4.12. The quantitative estimate of drug-likeness (QED) is 0.862. The van der Waals surface area contributed by atoms with Crippen molar-refractivity contribution in [2.24, 2.45) is 5.92 Å². The summed E-state index contributed by atoms with van der Waals surface area (Å²) in [6, 6.07) is 6.75. The van der Waals surface area contributed by atoms with Gasteiger partial charge in [-0.2, -0.15) is 0 Å². The molecule has 3 fully saturated rings. The van der Waals surface area contributed by atoms with Gasteiger partial charge in [-0.3, -0.25) is 0 Å². The molecule has 0 amide bonds. The summed E-state index contributed by atoms with van der Waals surface area (Å²) < 4.78 is 2.52. The molecule has 0 saturated carbocycles. The van der Waals surface area contributed by atoms with Crippen LogP contribution in [0.4, 0.5) is 5.69 Å². The van der Waals surface area contributed by atoms with Crippen molar-refractivity contribution in [2.75, 3.05) is 25.4 Å². The molecule has 1 aromatic heterocycles. The Labute approximate surface area is 125 Å². The first-order valence-corrected chi connectivity index (χ1v) is 8.13. The Bertz CT molecular complexity index is 665. The zero-order chi connectivity index (χ0) is 14.6. The maximum Gasteiger partial charge on any atom is 0.112 e. The minimum atomic E-state index is 0.439. The van der Waals surface area contributed by atoms with Crippen molar-refractivity contribution in [2.45, 2.75) is 38.6 Å². The largest absolute Gasteiger partial charge is 0.399 e. The number of rotatable bonds is 2. The standard InChI is InChI=1S/C17H24N4/c1-11(2)17-19-14-9-13(18)3-4-15(14)21(17)16-10-20-7-5-12(16)6-8-20/h3-4,9,11-12,16H,5-8,10,18H2,1-2H3. The van der Waals surface area contributed by atoms with Crippen molar-refractivity contribution in [1.29, 1.82) is 0 Å². The van der Waals surface area contributed by atoms with E-state index in [1.165, 1.54) is 43.8 Å². The zero-order valence-electron chi connectivity index (χ0n) is 12.9. The van der Waals surface area contributed by atoms with Crippen molar-refractivity contribution >= 4 is 16.7 Å². The van der Waals surface area contributed by atoms with E-state index in [-0.39, 0.29) is 0 Å². The monoisotopic (exact) mass is 284 g/mol. The van der Waals surface area contributed by atoms with Gasteiger partial charge in [0.25, 0.3) is 0 Å². The van der Waals surface area contributed by atoms with Crippen molar-refractivity contribution in [3.8, 4) is 0 Å². The van der Waals surface area contributed by atoms with Crippen LogP contribution in [0.1, 0.15) is 44.5 Å². The van der Waals surface area contributed by atoms with Crippen LogP contribution in [0.25, 0.3) is 11.0 Å². The topological polar surface area (TPSA) is 47.1 Å². The zero-order valence-corrected chi connectivity index (χ0v) is 12.9. The van der Waals surface area contributed by atoms with Gasteiger partial charge < -0.3 is 15.2 Å². The van der Waals surface area contributed by atoms with E-state index in [1.807, 2.05) is 12.1 Å². The number of hydrogen-bond acceptors (Lipinski definition) is 3. The summed E-state index contributed by atoms with van der Waals surface area (Å²) >= 11 is 0. The van der Waals surface area contributed by atoms with Gasteiger partial charge in [-0.1, -0.05) is 13.8 Å². The number of hydrogen-bond donors (Lipinski definition) is 1. The second kappa shape index (κ2) is 4.73. The lowest BCUT2D eigenvalue weighted by atomic mass is 9.83. The molecular weight excluding hydrogens is 260 g/mol. The average Bonchev–Trinajstić information content (AvgIpc) is 2.87. The number of anilines is 1. The SMILES string of the molecule is CC(C)c1nc2cc(N)ccc2n1C1CN2CCC1CC2. The number of imidazole rings is 1. The van der Waals surface area contributed by atoms with E-state index in [0.29, 0.717) is 12.0 Å².